The number of hydrogen-bond donors (Lipinski definition) is 2. The first-order valence-electron chi connectivity index (χ1n) is 9.57. The van der Waals surface area contributed by atoms with Crippen LogP contribution in [0.15, 0.2) is 46.1 Å². The van der Waals surface area contributed by atoms with Gasteiger partial charge in [-0.1, -0.05) is 31.5 Å². The van der Waals surface area contributed by atoms with Crippen molar-refractivity contribution >= 4 is 17.6 Å². The molecule has 7 heteroatoms. The van der Waals surface area contributed by atoms with Gasteiger partial charge in [0.2, 0.25) is 0 Å². The number of hydrogen-bond acceptors (Lipinski definition) is 4. The van der Waals surface area contributed by atoms with Crippen LogP contribution in [0.4, 0.5) is 0 Å². The smallest absolute Gasteiger partial charge is 0.191 e. The molecule has 0 fully saturated rings. The lowest BCUT2D eigenvalue weighted by Crippen LogP contribution is -2.39. The number of rotatable bonds is 10. The number of furan rings is 1. The maximum Gasteiger partial charge on any atom is 0.191 e. The Morgan fingerprint density at radius 3 is 2.63 bits per heavy atom. The fraction of sp³-hybridized carbons (Fsp3) is 0.500. The molecule has 0 bridgehead atoms. The molecule has 2 N–H and O–H groups in total. The molecule has 1 atom stereocenters. The van der Waals surface area contributed by atoms with E-state index in [1.165, 1.54) is 0 Å². The van der Waals surface area contributed by atoms with Crippen molar-refractivity contribution in [1.29, 1.82) is 0 Å². The maximum atomic E-state index is 5.83. The van der Waals surface area contributed by atoms with E-state index in [1.807, 2.05) is 24.3 Å². The molecular weight excluding hydrogens is 362 g/mol. The largest absolute Gasteiger partial charge is 0.468 e. The van der Waals surface area contributed by atoms with Gasteiger partial charge in [0, 0.05) is 19.3 Å². The average Bonchev–Trinajstić information content (AvgIpc) is 3.21. The van der Waals surface area contributed by atoms with Crippen molar-refractivity contribution < 1.29 is 4.42 Å². The van der Waals surface area contributed by atoms with Gasteiger partial charge >= 0.3 is 0 Å². The van der Waals surface area contributed by atoms with E-state index >= 15 is 0 Å². The predicted molar refractivity (Wildman–Crippen MR) is 111 cm³/mol. The molecule has 0 aliphatic rings. The average molecular weight is 392 g/mol. The lowest BCUT2D eigenvalue weighted by Gasteiger charge is -2.27. The van der Waals surface area contributed by atoms with Gasteiger partial charge in [0.05, 0.1) is 18.8 Å². The summed E-state index contributed by atoms with van der Waals surface area (Å²) in [6, 6.07) is 7.89. The highest BCUT2D eigenvalue weighted by atomic mass is 35.5. The van der Waals surface area contributed by atoms with Crippen LogP contribution in [0.3, 0.4) is 0 Å². The van der Waals surface area contributed by atoms with E-state index in [9.17, 15) is 0 Å². The number of nitrogens with one attached hydrogen (secondary N) is 2. The highest BCUT2D eigenvalue weighted by Crippen LogP contribution is 2.21. The second kappa shape index (κ2) is 11.6. The zero-order chi connectivity index (χ0) is 19.5. The van der Waals surface area contributed by atoms with Crippen molar-refractivity contribution in [2.24, 2.45) is 4.99 Å². The molecule has 148 valence electrons. The summed E-state index contributed by atoms with van der Waals surface area (Å²) in [6.45, 7) is 10.5. The molecule has 0 radical (unpaired) electrons. The van der Waals surface area contributed by atoms with Crippen molar-refractivity contribution in [3.05, 3.63) is 53.2 Å². The second-order valence-electron chi connectivity index (χ2n) is 6.14. The summed E-state index contributed by atoms with van der Waals surface area (Å²) in [4.78, 5) is 11.3. The van der Waals surface area contributed by atoms with Crippen LogP contribution >= 0.6 is 11.6 Å². The zero-order valence-corrected chi connectivity index (χ0v) is 17.2. The molecule has 1 unspecified atom stereocenters. The van der Waals surface area contributed by atoms with E-state index in [4.69, 9.17) is 21.0 Å². The summed E-state index contributed by atoms with van der Waals surface area (Å²) in [7, 11) is 0. The lowest BCUT2D eigenvalue weighted by molar-refractivity contribution is 0.198. The quantitative estimate of drug-likeness (QED) is 0.368. The Labute approximate surface area is 167 Å². The molecule has 0 aromatic carbocycles. The Morgan fingerprint density at radius 2 is 2.04 bits per heavy atom. The van der Waals surface area contributed by atoms with Gasteiger partial charge in [-0.15, -0.1) is 0 Å². The van der Waals surface area contributed by atoms with E-state index in [0.717, 1.165) is 49.9 Å². The highest BCUT2D eigenvalue weighted by Gasteiger charge is 2.20. The molecule has 0 aliphatic carbocycles. The summed E-state index contributed by atoms with van der Waals surface area (Å²) in [5.41, 5.74) is 1.14. The molecule has 2 aromatic heterocycles. The van der Waals surface area contributed by atoms with Crippen LogP contribution in [0.25, 0.3) is 0 Å². The lowest BCUT2D eigenvalue weighted by atomic mass is 10.2. The van der Waals surface area contributed by atoms with Gasteiger partial charge in [-0.3, -0.25) is 9.89 Å². The molecule has 0 saturated heterocycles. The van der Waals surface area contributed by atoms with Crippen LogP contribution in [0, 0.1) is 0 Å². The second-order valence-corrected chi connectivity index (χ2v) is 6.53. The Bertz CT molecular complexity index is 668. The normalized spacial score (nSPS) is 13.0. The number of pyridine rings is 1. The number of guanidine groups is 1. The monoisotopic (exact) mass is 391 g/mol. The van der Waals surface area contributed by atoms with Gasteiger partial charge in [-0.05, 0) is 50.2 Å². The SMILES string of the molecule is CCNC(=NCC(c1ccco1)N(CC)CC)NCCc1ccc(Cl)nc1. The van der Waals surface area contributed by atoms with Crippen molar-refractivity contribution in [3.63, 3.8) is 0 Å². The Balaban J connectivity index is 1.98. The topological polar surface area (TPSA) is 65.7 Å². The van der Waals surface area contributed by atoms with Gasteiger partial charge in [0.15, 0.2) is 5.96 Å². The minimum absolute atomic E-state index is 0.130. The first-order valence-corrected chi connectivity index (χ1v) is 9.95. The summed E-state index contributed by atoms with van der Waals surface area (Å²) in [5, 5.41) is 7.21. The number of aliphatic imine (C=N–C) groups is 1. The Morgan fingerprint density at radius 1 is 1.22 bits per heavy atom. The van der Waals surface area contributed by atoms with Crippen LogP contribution in [0.1, 0.15) is 38.1 Å². The molecule has 2 aromatic rings. The summed E-state index contributed by atoms with van der Waals surface area (Å²) < 4.78 is 5.65. The highest BCUT2D eigenvalue weighted by molar-refractivity contribution is 6.29. The van der Waals surface area contributed by atoms with Gasteiger partial charge in [0.1, 0.15) is 10.9 Å². The van der Waals surface area contributed by atoms with Crippen LogP contribution < -0.4 is 10.6 Å². The standard InChI is InChI=1S/C20H30ClN5O/c1-4-22-20(23-12-11-16-9-10-19(21)24-14-16)25-15-17(26(5-2)6-3)18-8-7-13-27-18/h7-10,13-14,17H,4-6,11-12,15H2,1-3H3,(H2,22,23,25). The van der Waals surface area contributed by atoms with E-state index < -0.39 is 0 Å². The van der Waals surface area contributed by atoms with Crippen molar-refractivity contribution in [1.82, 2.24) is 20.5 Å². The fourth-order valence-electron chi connectivity index (χ4n) is 2.93. The van der Waals surface area contributed by atoms with Crippen LogP contribution in [-0.2, 0) is 6.42 Å². The van der Waals surface area contributed by atoms with Crippen LogP contribution in [0.5, 0.6) is 0 Å². The van der Waals surface area contributed by atoms with E-state index in [-0.39, 0.29) is 6.04 Å². The Kier molecular flexibility index (Phi) is 9.15. The van der Waals surface area contributed by atoms with E-state index in [1.54, 1.807) is 12.5 Å². The number of nitrogens with zero attached hydrogens (tertiary/aromatic N) is 3. The van der Waals surface area contributed by atoms with E-state index in [2.05, 4.69) is 41.3 Å². The molecular formula is C20H30ClN5O. The van der Waals surface area contributed by atoms with Crippen molar-refractivity contribution in [3.8, 4) is 0 Å². The van der Waals surface area contributed by atoms with Crippen molar-refractivity contribution in [2.75, 3.05) is 32.7 Å². The number of halogens is 1. The summed E-state index contributed by atoms with van der Waals surface area (Å²) in [5.74, 6) is 1.76. The molecule has 0 saturated carbocycles. The van der Waals surface area contributed by atoms with Crippen LogP contribution in [-0.4, -0.2) is 48.6 Å². The molecule has 0 aliphatic heterocycles. The molecule has 0 amide bonds. The third-order valence-electron chi connectivity index (χ3n) is 4.39. The molecule has 6 nitrogen and oxygen atoms in total. The molecule has 27 heavy (non-hydrogen) atoms. The predicted octanol–water partition coefficient (Wildman–Crippen LogP) is 3.51. The van der Waals surface area contributed by atoms with Crippen molar-refractivity contribution in [2.45, 2.75) is 33.2 Å². The summed E-state index contributed by atoms with van der Waals surface area (Å²) >= 11 is 5.83. The first kappa shape index (κ1) is 21.3. The first-order chi connectivity index (χ1) is 13.2. The van der Waals surface area contributed by atoms with Crippen LogP contribution in [0.2, 0.25) is 5.15 Å². The van der Waals surface area contributed by atoms with Gasteiger partial charge < -0.3 is 15.1 Å². The number of likely N-dealkylation sites (N-methyl/N-ethyl adjacent to an activating group) is 1. The van der Waals surface area contributed by atoms with Gasteiger partial charge in [-0.25, -0.2) is 4.98 Å². The maximum absolute atomic E-state index is 5.83. The minimum atomic E-state index is 0.130. The summed E-state index contributed by atoms with van der Waals surface area (Å²) in [6.07, 6.45) is 4.38. The fourth-order valence-corrected chi connectivity index (χ4v) is 3.04. The third-order valence-corrected chi connectivity index (χ3v) is 4.61. The third kappa shape index (κ3) is 6.88. The van der Waals surface area contributed by atoms with Gasteiger partial charge in [-0.2, -0.15) is 0 Å². The molecule has 2 rings (SSSR count). The Hall–Kier alpha value is -2.05. The minimum Gasteiger partial charge on any atom is -0.468 e. The molecule has 0 spiro atoms. The van der Waals surface area contributed by atoms with E-state index in [0.29, 0.717) is 11.7 Å². The molecule has 2 heterocycles. The van der Waals surface area contributed by atoms with Gasteiger partial charge in [0.25, 0.3) is 0 Å². The zero-order valence-electron chi connectivity index (χ0n) is 16.4. The number of aromatic nitrogens is 1.